The van der Waals surface area contributed by atoms with Crippen LogP contribution in [0.5, 0.6) is 0 Å². The van der Waals surface area contributed by atoms with Crippen LogP contribution in [-0.4, -0.2) is 20.7 Å². The molecule has 4 N–H and O–H groups in total. The monoisotopic (exact) mass is 260 g/mol. The first-order valence-electron chi connectivity index (χ1n) is 5.89. The topological polar surface area (TPSA) is 97.9 Å². The van der Waals surface area contributed by atoms with E-state index in [-0.39, 0.29) is 17.6 Å². The molecular weight excluding hydrogens is 244 g/mol. The van der Waals surface area contributed by atoms with E-state index in [1.54, 1.807) is 35.3 Å². The molecule has 0 unspecified atom stereocenters. The molecule has 0 saturated carbocycles. The van der Waals surface area contributed by atoms with Gasteiger partial charge in [-0.05, 0) is 26.0 Å². The maximum absolute atomic E-state index is 12.0. The van der Waals surface area contributed by atoms with E-state index in [4.69, 9.17) is 5.84 Å². The lowest BCUT2D eigenvalue weighted by atomic mass is 10.3. The summed E-state index contributed by atoms with van der Waals surface area (Å²) in [6, 6.07) is 5.24. The number of rotatable bonds is 4. The fraction of sp³-hybridized carbons (Fsp3) is 0.250. The van der Waals surface area contributed by atoms with Crippen molar-refractivity contribution in [1.82, 2.24) is 14.8 Å². The summed E-state index contributed by atoms with van der Waals surface area (Å²) >= 11 is 0. The van der Waals surface area contributed by atoms with Gasteiger partial charge in [0.1, 0.15) is 11.5 Å². The van der Waals surface area contributed by atoms with E-state index in [9.17, 15) is 4.79 Å². The Morgan fingerprint density at radius 1 is 1.42 bits per heavy atom. The zero-order chi connectivity index (χ0) is 13.8. The smallest absolute Gasteiger partial charge is 0.274 e. The molecule has 0 bridgehead atoms. The molecule has 0 spiro atoms. The Hall–Kier alpha value is -2.41. The number of nitrogen functional groups attached to an aromatic ring is 1. The van der Waals surface area contributed by atoms with Crippen LogP contribution < -0.4 is 16.6 Å². The minimum absolute atomic E-state index is 0.244. The molecule has 2 aromatic heterocycles. The molecule has 1 amide bonds. The summed E-state index contributed by atoms with van der Waals surface area (Å²) in [6.07, 6.45) is 3.37. The minimum atomic E-state index is -0.305. The number of nitrogens with two attached hydrogens (primary N) is 1. The van der Waals surface area contributed by atoms with Gasteiger partial charge < -0.3 is 10.7 Å². The molecule has 0 aliphatic heterocycles. The second-order valence-electron chi connectivity index (χ2n) is 4.31. The van der Waals surface area contributed by atoms with Crippen LogP contribution in [-0.2, 0) is 0 Å². The number of amides is 1. The Bertz CT molecular complexity index is 577. The van der Waals surface area contributed by atoms with Crippen molar-refractivity contribution in [3.63, 3.8) is 0 Å². The molecule has 0 radical (unpaired) electrons. The van der Waals surface area contributed by atoms with E-state index in [0.717, 1.165) is 0 Å². The molecule has 0 aliphatic carbocycles. The number of hydrogen-bond acceptors (Lipinski definition) is 5. The van der Waals surface area contributed by atoms with E-state index >= 15 is 0 Å². The Balaban J connectivity index is 2.11. The van der Waals surface area contributed by atoms with Crippen molar-refractivity contribution < 1.29 is 4.79 Å². The maximum Gasteiger partial charge on any atom is 0.274 e. The second-order valence-corrected chi connectivity index (χ2v) is 4.31. The molecule has 19 heavy (non-hydrogen) atoms. The number of pyridine rings is 1. The number of nitrogens with zero attached hydrogens (tertiary/aromatic N) is 3. The normalized spacial score (nSPS) is 10.5. The summed E-state index contributed by atoms with van der Waals surface area (Å²) in [7, 11) is 0. The maximum atomic E-state index is 12.0. The lowest BCUT2D eigenvalue weighted by Gasteiger charge is -2.05. The van der Waals surface area contributed by atoms with Crippen LogP contribution >= 0.6 is 0 Å². The predicted molar refractivity (Wildman–Crippen MR) is 72.6 cm³/mol. The molecule has 7 heteroatoms. The molecule has 2 heterocycles. The van der Waals surface area contributed by atoms with Crippen LogP contribution in [0.3, 0.4) is 0 Å². The fourth-order valence-electron chi connectivity index (χ4n) is 1.52. The first-order chi connectivity index (χ1) is 9.10. The molecule has 2 aromatic rings. The second kappa shape index (κ2) is 5.49. The van der Waals surface area contributed by atoms with E-state index < -0.39 is 0 Å². The van der Waals surface area contributed by atoms with Gasteiger partial charge in [-0.1, -0.05) is 6.07 Å². The highest BCUT2D eigenvalue weighted by atomic mass is 16.1. The highest BCUT2D eigenvalue weighted by molar-refractivity contribution is 6.02. The summed E-state index contributed by atoms with van der Waals surface area (Å²) < 4.78 is 1.76. The van der Waals surface area contributed by atoms with Gasteiger partial charge in [0.15, 0.2) is 0 Å². The van der Waals surface area contributed by atoms with Crippen molar-refractivity contribution in [3.05, 3.63) is 36.3 Å². The third-order valence-electron chi connectivity index (χ3n) is 2.52. The van der Waals surface area contributed by atoms with Crippen LogP contribution in [0, 0.1) is 0 Å². The summed E-state index contributed by atoms with van der Waals surface area (Å²) in [6.45, 7) is 4.02. The molecular formula is C12H16N6O. The molecule has 0 aromatic carbocycles. The summed E-state index contributed by atoms with van der Waals surface area (Å²) in [5.74, 6) is 5.38. The van der Waals surface area contributed by atoms with E-state index in [1.807, 2.05) is 13.8 Å². The number of hydrazine groups is 1. The third-order valence-corrected chi connectivity index (χ3v) is 2.52. The van der Waals surface area contributed by atoms with Crippen molar-refractivity contribution in [3.8, 4) is 0 Å². The van der Waals surface area contributed by atoms with E-state index in [2.05, 4.69) is 20.8 Å². The van der Waals surface area contributed by atoms with Gasteiger partial charge in [-0.3, -0.25) is 9.48 Å². The Morgan fingerprint density at radius 3 is 2.84 bits per heavy atom. The van der Waals surface area contributed by atoms with Crippen molar-refractivity contribution in [2.24, 2.45) is 5.84 Å². The molecule has 0 aliphatic rings. The third kappa shape index (κ3) is 3.08. The standard InChI is InChI=1S/C12H16N6O/c1-8(2)18-7-9(6-14-18)15-12(19)10-4-3-5-11(16-10)17-13/h3-8H,13H2,1-2H3,(H,15,19)(H,16,17). The zero-order valence-corrected chi connectivity index (χ0v) is 10.8. The summed E-state index contributed by atoms with van der Waals surface area (Å²) in [5.41, 5.74) is 3.31. The highest BCUT2D eigenvalue weighted by Crippen LogP contribution is 2.11. The quantitative estimate of drug-likeness (QED) is 0.570. The van der Waals surface area contributed by atoms with Crippen LogP contribution in [0.1, 0.15) is 30.4 Å². The number of aromatic nitrogens is 3. The van der Waals surface area contributed by atoms with Crippen molar-refractivity contribution in [2.45, 2.75) is 19.9 Å². The Morgan fingerprint density at radius 2 is 2.21 bits per heavy atom. The number of carbonyl (C=O) groups excluding carboxylic acids is 1. The van der Waals surface area contributed by atoms with Gasteiger partial charge >= 0.3 is 0 Å². The zero-order valence-electron chi connectivity index (χ0n) is 10.8. The number of anilines is 2. The number of hydrogen-bond donors (Lipinski definition) is 3. The van der Waals surface area contributed by atoms with Gasteiger partial charge in [-0.2, -0.15) is 5.10 Å². The first-order valence-corrected chi connectivity index (χ1v) is 5.89. The average Bonchev–Trinajstić information content (AvgIpc) is 2.87. The van der Waals surface area contributed by atoms with Gasteiger partial charge in [0.05, 0.1) is 11.9 Å². The van der Waals surface area contributed by atoms with Gasteiger partial charge in [0.2, 0.25) is 0 Å². The average molecular weight is 260 g/mol. The Kier molecular flexibility index (Phi) is 3.76. The number of carbonyl (C=O) groups is 1. The van der Waals surface area contributed by atoms with Gasteiger partial charge in [0, 0.05) is 12.2 Å². The van der Waals surface area contributed by atoms with Gasteiger partial charge in [0.25, 0.3) is 5.91 Å². The predicted octanol–water partition coefficient (Wildman–Crippen LogP) is 1.40. The van der Waals surface area contributed by atoms with Gasteiger partial charge in [-0.15, -0.1) is 0 Å². The molecule has 7 nitrogen and oxygen atoms in total. The number of nitrogens with one attached hydrogen (secondary N) is 2. The lowest BCUT2D eigenvalue weighted by Crippen LogP contribution is -2.15. The van der Waals surface area contributed by atoms with Gasteiger partial charge in [-0.25, -0.2) is 10.8 Å². The largest absolute Gasteiger partial charge is 0.318 e. The molecule has 0 fully saturated rings. The van der Waals surface area contributed by atoms with Crippen molar-refractivity contribution >= 4 is 17.4 Å². The minimum Gasteiger partial charge on any atom is -0.318 e. The highest BCUT2D eigenvalue weighted by Gasteiger charge is 2.10. The van der Waals surface area contributed by atoms with Crippen LogP contribution in [0.15, 0.2) is 30.6 Å². The van der Waals surface area contributed by atoms with Crippen LogP contribution in [0.2, 0.25) is 0 Å². The SMILES string of the molecule is CC(C)n1cc(NC(=O)c2cccc(NN)n2)cn1. The lowest BCUT2D eigenvalue weighted by molar-refractivity contribution is 0.102. The van der Waals surface area contributed by atoms with Crippen molar-refractivity contribution in [2.75, 3.05) is 10.7 Å². The molecule has 2 rings (SSSR count). The van der Waals surface area contributed by atoms with Crippen molar-refractivity contribution in [1.29, 1.82) is 0 Å². The first kappa shape index (κ1) is 13.0. The molecule has 0 saturated heterocycles. The summed E-state index contributed by atoms with van der Waals surface area (Å²) in [4.78, 5) is 16.0. The summed E-state index contributed by atoms with van der Waals surface area (Å²) in [5, 5.41) is 6.88. The molecule has 0 atom stereocenters. The van der Waals surface area contributed by atoms with E-state index in [0.29, 0.717) is 11.5 Å². The van der Waals surface area contributed by atoms with E-state index in [1.165, 1.54) is 0 Å². The van der Waals surface area contributed by atoms with Crippen LogP contribution in [0.25, 0.3) is 0 Å². The van der Waals surface area contributed by atoms with Crippen LogP contribution in [0.4, 0.5) is 11.5 Å². The fourth-order valence-corrected chi connectivity index (χ4v) is 1.52. The molecule has 100 valence electrons. The Labute approximate surface area is 110 Å².